The molecule has 0 fully saturated rings. The molecule has 1 rings (SSSR count). The highest BCUT2D eigenvalue weighted by molar-refractivity contribution is 5.53. The van der Waals surface area contributed by atoms with E-state index in [0.29, 0.717) is 26.3 Å². The van der Waals surface area contributed by atoms with Gasteiger partial charge < -0.3 is 30.3 Å². The molecule has 1 aromatic rings. The summed E-state index contributed by atoms with van der Waals surface area (Å²) < 4.78 is 11.5. The number of ether oxygens (including phenoxy) is 2. The first kappa shape index (κ1) is 52.7. The van der Waals surface area contributed by atoms with Gasteiger partial charge in [0.15, 0.2) is 0 Å². The molecule has 0 saturated carbocycles. The SMILES string of the molecule is CCCCCCCCCCCCCCCCCCCOCC(O)CNc1ccc(NCC(O)COCCCCCCCCCCCCCCCCCCC)cc1. The summed E-state index contributed by atoms with van der Waals surface area (Å²) in [6.45, 7) is 7.69. The van der Waals surface area contributed by atoms with E-state index in [-0.39, 0.29) is 0 Å². The molecule has 0 heterocycles. The lowest BCUT2D eigenvalue weighted by atomic mass is 10.0. The largest absolute Gasteiger partial charge is 0.389 e. The van der Waals surface area contributed by atoms with Gasteiger partial charge in [-0.05, 0) is 37.1 Å². The Kier molecular flexibility index (Phi) is 40.7. The first-order valence-corrected chi connectivity index (χ1v) is 24.7. The Morgan fingerprint density at radius 2 is 0.571 bits per heavy atom. The van der Waals surface area contributed by atoms with Gasteiger partial charge in [0.2, 0.25) is 0 Å². The van der Waals surface area contributed by atoms with E-state index in [0.717, 1.165) is 37.4 Å². The van der Waals surface area contributed by atoms with Crippen molar-refractivity contribution in [2.24, 2.45) is 0 Å². The van der Waals surface area contributed by atoms with Crippen molar-refractivity contribution in [3.8, 4) is 0 Å². The second kappa shape index (κ2) is 43.2. The number of unbranched alkanes of at least 4 members (excludes halogenated alkanes) is 32. The summed E-state index contributed by atoms with van der Waals surface area (Å²) in [7, 11) is 0. The van der Waals surface area contributed by atoms with Gasteiger partial charge in [-0.1, -0.05) is 219 Å². The Hall–Kier alpha value is -1.34. The fraction of sp³-hybridized carbons (Fsp3) is 0.880. The maximum Gasteiger partial charge on any atom is 0.0945 e. The second-order valence-electron chi connectivity index (χ2n) is 17.1. The van der Waals surface area contributed by atoms with Crippen LogP contribution >= 0.6 is 0 Å². The van der Waals surface area contributed by atoms with Crippen LogP contribution in [0, 0.1) is 0 Å². The Labute approximate surface area is 348 Å². The normalized spacial score (nSPS) is 12.6. The van der Waals surface area contributed by atoms with Crippen LogP contribution < -0.4 is 10.6 Å². The van der Waals surface area contributed by atoms with Crippen molar-refractivity contribution in [3.63, 3.8) is 0 Å². The van der Waals surface area contributed by atoms with E-state index in [1.807, 2.05) is 24.3 Å². The molecule has 0 bridgehead atoms. The van der Waals surface area contributed by atoms with Crippen LogP contribution in [-0.2, 0) is 9.47 Å². The van der Waals surface area contributed by atoms with Crippen LogP contribution in [0.2, 0.25) is 0 Å². The summed E-state index contributed by atoms with van der Waals surface area (Å²) in [4.78, 5) is 0. The molecule has 2 unspecified atom stereocenters. The van der Waals surface area contributed by atoms with Crippen molar-refractivity contribution in [1.82, 2.24) is 0 Å². The zero-order valence-corrected chi connectivity index (χ0v) is 37.5. The summed E-state index contributed by atoms with van der Waals surface area (Å²) in [6.07, 6.45) is 45.7. The zero-order chi connectivity index (χ0) is 40.3. The number of aliphatic hydroxyl groups is 2. The van der Waals surface area contributed by atoms with Crippen LogP contribution in [-0.4, -0.2) is 61.9 Å². The molecule has 0 radical (unpaired) electrons. The zero-order valence-electron chi connectivity index (χ0n) is 37.5. The van der Waals surface area contributed by atoms with Gasteiger partial charge in [-0.25, -0.2) is 0 Å². The number of rotatable bonds is 46. The number of hydrogen-bond acceptors (Lipinski definition) is 6. The van der Waals surface area contributed by atoms with Crippen LogP contribution in [0.15, 0.2) is 24.3 Å². The van der Waals surface area contributed by atoms with Gasteiger partial charge in [0.05, 0.1) is 25.4 Å². The predicted molar refractivity (Wildman–Crippen MR) is 245 cm³/mol. The molecule has 0 saturated heterocycles. The molecule has 0 aliphatic rings. The molecule has 0 spiro atoms. The summed E-state index contributed by atoms with van der Waals surface area (Å²) in [6, 6.07) is 7.98. The fourth-order valence-electron chi connectivity index (χ4n) is 7.59. The summed E-state index contributed by atoms with van der Waals surface area (Å²) in [5.41, 5.74) is 1.92. The van der Waals surface area contributed by atoms with Gasteiger partial charge in [0.1, 0.15) is 0 Å². The molecule has 0 aliphatic heterocycles. The maximum atomic E-state index is 10.3. The standard InChI is InChI=1S/C50H96N2O4/c1-3-5-7-9-11-13-15-17-19-21-23-25-27-29-31-33-35-41-55-45-49(53)43-51-47-37-39-48(40-38-47)52-44-50(54)46-56-42-36-34-32-30-28-26-24-22-20-18-16-14-12-10-8-6-4-2/h37-40,49-54H,3-36,41-46H2,1-2H3. The molecule has 0 amide bonds. The third-order valence-corrected chi connectivity index (χ3v) is 11.4. The van der Waals surface area contributed by atoms with Crippen LogP contribution in [0.25, 0.3) is 0 Å². The number of benzene rings is 1. The van der Waals surface area contributed by atoms with Crippen LogP contribution in [0.1, 0.15) is 232 Å². The molecule has 6 nitrogen and oxygen atoms in total. The van der Waals surface area contributed by atoms with Gasteiger partial charge in [-0.3, -0.25) is 0 Å². The monoisotopic (exact) mass is 789 g/mol. The smallest absolute Gasteiger partial charge is 0.0945 e. The predicted octanol–water partition coefficient (Wildman–Crippen LogP) is 14.6. The summed E-state index contributed by atoms with van der Waals surface area (Å²) >= 11 is 0. The third kappa shape index (κ3) is 38.2. The third-order valence-electron chi connectivity index (χ3n) is 11.4. The molecule has 1 aromatic carbocycles. The number of hydrogen-bond donors (Lipinski definition) is 4. The van der Waals surface area contributed by atoms with E-state index < -0.39 is 12.2 Å². The van der Waals surface area contributed by atoms with Crippen molar-refractivity contribution >= 4 is 11.4 Å². The van der Waals surface area contributed by atoms with E-state index in [1.54, 1.807) is 0 Å². The highest BCUT2D eigenvalue weighted by atomic mass is 16.5. The highest BCUT2D eigenvalue weighted by Crippen LogP contribution is 2.17. The molecule has 0 aliphatic carbocycles. The Morgan fingerprint density at radius 3 is 0.804 bits per heavy atom. The summed E-state index contributed by atoms with van der Waals surface area (Å²) in [5.74, 6) is 0. The minimum absolute atomic E-state index is 0.366. The lowest BCUT2D eigenvalue weighted by molar-refractivity contribution is 0.0416. The fourth-order valence-corrected chi connectivity index (χ4v) is 7.59. The van der Waals surface area contributed by atoms with Crippen molar-refractivity contribution in [1.29, 1.82) is 0 Å². The molecule has 0 aromatic heterocycles. The van der Waals surface area contributed by atoms with Crippen LogP contribution in [0.5, 0.6) is 0 Å². The van der Waals surface area contributed by atoms with E-state index in [4.69, 9.17) is 9.47 Å². The van der Waals surface area contributed by atoms with E-state index >= 15 is 0 Å². The average Bonchev–Trinajstić information content (AvgIpc) is 3.21. The van der Waals surface area contributed by atoms with Crippen molar-refractivity contribution in [3.05, 3.63) is 24.3 Å². The molecular formula is C50H96N2O4. The van der Waals surface area contributed by atoms with E-state index in [9.17, 15) is 10.2 Å². The number of aliphatic hydroxyl groups excluding tert-OH is 2. The molecular weight excluding hydrogens is 693 g/mol. The summed E-state index contributed by atoms with van der Waals surface area (Å²) in [5, 5.41) is 27.3. The quantitative estimate of drug-likeness (QED) is 0.0493. The van der Waals surface area contributed by atoms with E-state index in [1.165, 1.54) is 205 Å². The number of nitrogens with one attached hydrogen (secondary N) is 2. The van der Waals surface area contributed by atoms with Crippen molar-refractivity contribution in [2.45, 2.75) is 244 Å². The van der Waals surface area contributed by atoms with Gasteiger partial charge in [-0.15, -0.1) is 0 Å². The molecule has 330 valence electrons. The number of anilines is 2. The van der Waals surface area contributed by atoms with Gasteiger partial charge in [0.25, 0.3) is 0 Å². The lowest BCUT2D eigenvalue weighted by Crippen LogP contribution is -2.25. The first-order chi connectivity index (χ1) is 27.7. The molecule has 56 heavy (non-hydrogen) atoms. The van der Waals surface area contributed by atoms with Gasteiger partial charge in [0, 0.05) is 37.7 Å². The minimum Gasteiger partial charge on any atom is -0.389 e. The first-order valence-electron chi connectivity index (χ1n) is 24.7. The molecule has 6 heteroatoms. The lowest BCUT2D eigenvalue weighted by Gasteiger charge is -2.15. The Balaban J connectivity index is 1.85. The molecule has 4 N–H and O–H groups in total. The van der Waals surface area contributed by atoms with E-state index in [2.05, 4.69) is 24.5 Å². The van der Waals surface area contributed by atoms with Crippen LogP contribution in [0.3, 0.4) is 0 Å². The highest BCUT2D eigenvalue weighted by Gasteiger charge is 2.07. The van der Waals surface area contributed by atoms with Gasteiger partial charge >= 0.3 is 0 Å². The minimum atomic E-state index is -0.530. The topological polar surface area (TPSA) is 83.0 Å². The molecule has 2 atom stereocenters. The Bertz CT molecular complexity index is 813. The Morgan fingerprint density at radius 1 is 0.357 bits per heavy atom. The van der Waals surface area contributed by atoms with Crippen molar-refractivity contribution in [2.75, 3.05) is 50.2 Å². The maximum absolute atomic E-state index is 10.3. The second-order valence-corrected chi connectivity index (χ2v) is 17.1. The van der Waals surface area contributed by atoms with Gasteiger partial charge in [-0.2, -0.15) is 0 Å². The van der Waals surface area contributed by atoms with Crippen molar-refractivity contribution < 1.29 is 19.7 Å². The van der Waals surface area contributed by atoms with Crippen LogP contribution in [0.4, 0.5) is 11.4 Å². The average molecular weight is 789 g/mol.